The third-order valence-corrected chi connectivity index (χ3v) is 5.21. The fraction of sp³-hybridized carbons (Fsp3) is 0.174. The second-order valence-electron chi connectivity index (χ2n) is 6.68. The Labute approximate surface area is 163 Å². The minimum atomic E-state index is -0.932. The van der Waals surface area contributed by atoms with Crippen molar-refractivity contribution in [3.05, 3.63) is 81.5 Å². The Kier molecular flexibility index (Phi) is 5.77. The van der Waals surface area contributed by atoms with Crippen molar-refractivity contribution >= 4 is 29.0 Å². The predicted octanol–water partition coefficient (Wildman–Crippen LogP) is 6.60. The maximum Gasteiger partial charge on any atom is 0.337 e. The highest BCUT2D eigenvalue weighted by atomic mass is 32.1. The second kappa shape index (κ2) is 8.23. The van der Waals surface area contributed by atoms with Crippen LogP contribution in [-0.2, 0) is 4.79 Å². The van der Waals surface area contributed by atoms with Gasteiger partial charge in [-0.3, -0.25) is 0 Å². The summed E-state index contributed by atoms with van der Waals surface area (Å²) in [5, 5.41) is 11.3. The van der Waals surface area contributed by atoms with Gasteiger partial charge in [0, 0.05) is 4.88 Å². The molecule has 3 rings (SSSR count). The lowest BCUT2D eigenvalue weighted by atomic mass is 9.98. The summed E-state index contributed by atoms with van der Waals surface area (Å²) in [6, 6.07) is 17.2. The standard InChI is InChI=1S/C23H22O3S/c1-15(2)20-11-10-19(13-16(20)3)26-18-8-6-17(7-9-18)14-21(23(24)25)22-5-4-12-27-22/h4-15H,1-3H3,(H,24,25)/b21-14+. The summed E-state index contributed by atoms with van der Waals surface area (Å²) in [4.78, 5) is 12.3. The highest BCUT2D eigenvalue weighted by Crippen LogP contribution is 2.28. The molecular formula is C23H22O3S. The molecule has 0 aliphatic heterocycles. The number of rotatable bonds is 6. The average molecular weight is 378 g/mol. The van der Waals surface area contributed by atoms with E-state index in [1.165, 1.54) is 22.5 Å². The number of benzene rings is 2. The number of hydrogen-bond acceptors (Lipinski definition) is 3. The number of ether oxygens (including phenoxy) is 1. The average Bonchev–Trinajstić information content (AvgIpc) is 3.14. The zero-order valence-electron chi connectivity index (χ0n) is 15.6. The third kappa shape index (κ3) is 4.66. The van der Waals surface area contributed by atoms with E-state index in [1.54, 1.807) is 6.08 Å². The lowest BCUT2D eigenvalue weighted by Crippen LogP contribution is -1.97. The number of aliphatic carboxylic acids is 1. The minimum Gasteiger partial charge on any atom is -0.478 e. The van der Waals surface area contributed by atoms with Crippen molar-refractivity contribution in [2.75, 3.05) is 0 Å². The molecule has 0 amide bonds. The first-order chi connectivity index (χ1) is 12.9. The SMILES string of the molecule is Cc1cc(Oc2ccc(/C=C(/C(=O)O)c3cccs3)cc2)ccc1C(C)C. The van der Waals surface area contributed by atoms with E-state index >= 15 is 0 Å². The minimum absolute atomic E-state index is 0.290. The molecule has 0 saturated heterocycles. The van der Waals surface area contributed by atoms with Crippen LogP contribution in [0.5, 0.6) is 11.5 Å². The first-order valence-corrected chi connectivity index (χ1v) is 9.69. The van der Waals surface area contributed by atoms with Crippen LogP contribution in [0.25, 0.3) is 11.6 Å². The van der Waals surface area contributed by atoms with Crippen LogP contribution < -0.4 is 4.74 Å². The van der Waals surface area contributed by atoms with E-state index in [-0.39, 0.29) is 0 Å². The van der Waals surface area contributed by atoms with Crippen LogP contribution in [0.2, 0.25) is 0 Å². The van der Waals surface area contributed by atoms with Crippen LogP contribution in [0.15, 0.2) is 60.0 Å². The van der Waals surface area contributed by atoms with Gasteiger partial charge in [0.15, 0.2) is 0 Å². The molecule has 3 aromatic rings. The molecular weight excluding hydrogens is 356 g/mol. The van der Waals surface area contributed by atoms with Crippen LogP contribution in [0.4, 0.5) is 0 Å². The summed E-state index contributed by atoms with van der Waals surface area (Å²) in [6.45, 7) is 6.45. The Hall–Kier alpha value is -2.85. The summed E-state index contributed by atoms with van der Waals surface area (Å²) in [5.74, 6) is 1.07. The summed E-state index contributed by atoms with van der Waals surface area (Å²) in [6.07, 6.45) is 1.68. The monoisotopic (exact) mass is 378 g/mol. The van der Waals surface area contributed by atoms with Crippen molar-refractivity contribution in [3.8, 4) is 11.5 Å². The van der Waals surface area contributed by atoms with Gasteiger partial charge in [0.2, 0.25) is 0 Å². The maximum atomic E-state index is 11.5. The van der Waals surface area contributed by atoms with Crippen LogP contribution in [0.1, 0.15) is 41.3 Å². The van der Waals surface area contributed by atoms with Crippen LogP contribution in [0.3, 0.4) is 0 Å². The van der Waals surface area contributed by atoms with Gasteiger partial charge in [0.1, 0.15) is 11.5 Å². The molecule has 1 aromatic heterocycles. The molecule has 1 N–H and O–H groups in total. The second-order valence-corrected chi connectivity index (χ2v) is 7.63. The number of carboxylic acid groups (broad SMARTS) is 1. The van der Waals surface area contributed by atoms with Crippen LogP contribution in [-0.4, -0.2) is 11.1 Å². The molecule has 27 heavy (non-hydrogen) atoms. The quantitative estimate of drug-likeness (QED) is 0.492. The van der Waals surface area contributed by atoms with E-state index in [1.807, 2.05) is 53.9 Å². The first-order valence-electron chi connectivity index (χ1n) is 8.81. The topological polar surface area (TPSA) is 46.5 Å². The Morgan fingerprint density at radius 1 is 1.07 bits per heavy atom. The van der Waals surface area contributed by atoms with E-state index in [4.69, 9.17) is 4.74 Å². The number of hydrogen-bond donors (Lipinski definition) is 1. The smallest absolute Gasteiger partial charge is 0.337 e. The van der Waals surface area contributed by atoms with Crippen molar-refractivity contribution < 1.29 is 14.6 Å². The zero-order chi connectivity index (χ0) is 19.4. The van der Waals surface area contributed by atoms with Crippen molar-refractivity contribution in [1.82, 2.24) is 0 Å². The molecule has 138 valence electrons. The number of thiophene rings is 1. The van der Waals surface area contributed by atoms with Crippen LogP contribution >= 0.6 is 11.3 Å². The van der Waals surface area contributed by atoms with Crippen LogP contribution in [0, 0.1) is 6.92 Å². The number of aryl methyl sites for hydroxylation is 1. The molecule has 0 aliphatic carbocycles. The Bertz CT molecular complexity index is 952. The molecule has 4 heteroatoms. The van der Waals surface area contributed by atoms with Crippen molar-refractivity contribution in [2.24, 2.45) is 0 Å². The third-order valence-electron chi connectivity index (χ3n) is 4.31. The molecule has 1 heterocycles. The predicted molar refractivity (Wildman–Crippen MR) is 112 cm³/mol. The van der Waals surface area contributed by atoms with E-state index in [0.717, 1.165) is 21.9 Å². The molecule has 0 saturated carbocycles. The number of carboxylic acids is 1. The van der Waals surface area contributed by atoms with Crippen molar-refractivity contribution in [2.45, 2.75) is 26.7 Å². The lowest BCUT2D eigenvalue weighted by Gasteiger charge is -2.12. The fourth-order valence-corrected chi connectivity index (χ4v) is 3.70. The van der Waals surface area contributed by atoms with Gasteiger partial charge in [0.25, 0.3) is 0 Å². The van der Waals surface area contributed by atoms with E-state index in [9.17, 15) is 9.90 Å². The zero-order valence-corrected chi connectivity index (χ0v) is 16.4. The van der Waals surface area contributed by atoms with Gasteiger partial charge >= 0.3 is 5.97 Å². The van der Waals surface area contributed by atoms with E-state index in [0.29, 0.717) is 11.5 Å². The molecule has 3 nitrogen and oxygen atoms in total. The number of carbonyl (C=O) groups is 1. The fourth-order valence-electron chi connectivity index (χ4n) is 2.96. The van der Waals surface area contributed by atoms with Crippen molar-refractivity contribution in [3.63, 3.8) is 0 Å². The highest BCUT2D eigenvalue weighted by Gasteiger charge is 2.11. The van der Waals surface area contributed by atoms with E-state index in [2.05, 4.69) is 26.8 Å². The molecule has 0 aliphatic rings. The van der Waals surface area contributed by atoms with Gasteiger partial charge in [-0.15, -0.1) is 11.3 Å². The Morgan fingerprint density at radius 3 is 2.33 bits per heavy atom. The first kappa shape index (κ1) is 18.9. The summed E-state index contributed by atoms with van der Waals surface area (Å²) < 4.78 is 5.94. The largest absolute Gasteiger partial charge is 0.478 e. The summed E-state index contributed by atoms with van der Waals surface area (Å²) in [5.41, 5.74) is 3.64. The van der Waals surface area contributed by atoms with Gasteiger partial charge in [-0.2, -0.15) is 0 Å². The normalized spacial score (nSPS) is 11.6. The Balaban J connectivity index is 1.78. The molecule has 0 bridgehead atoms. The summed E-state index contributed by atoms with van der Waals surface area (Å²) in [7, 11) is 0. The van der Waals surface area contributed by atoms with Gasteiger partial charge in [-0.1, -0.05) is 38.1 Å². The van der Waals surface area contributed by atoms with E-state index < -0.39 is 5.97 Å². The van der Waals surface area contributed by atoms with Crippen molar-refractivity contribution in [1.29, 1.82) is 0 Å². The molecule has 0 radical (unpaired) electrons. The van der Waals surface area contributed by atoms with Gasteiger partial charge < -0.3 is 9.84 Å². The summed E-state index contributed by atoms with van der Waals surface area (Å²) >= 11 is 1.41. The lowest BCUT2D eigenvalue weighted by molar-refractivity contribution is -0.130. The molecule has 0 atom stereocenters. The molecule has 0 unspecified atom stereocenters. The van der Waals surface area contributed by atoms with Gasteiger partial charge in [-0.05, 0) is 71.3 Å². The van der Waals surface area contributed by atoms with Gasteiger partial charge in [0.05, 0.1) is 5.57 Å². The molecule has 0 spiro atoms. The maximum absolute atomic E-state index is 11.5. The van der Waals surface area contributed by atoms with Gasteiger partial charge in [-0.25, -0.2) is 4.79 Å². The Morgan fingerprint density at radius 2 is 1.78 bits per heavy atom. The highest BCUT2D eigenvalue weighted by molar-refractivity contribution is 7.11. The molecule has 2 aromatic carbocycles. The molecule has 0 fully saturated rings.